The summed E-state index contributed by atoms with van der Waals surface area (Å²) in [7, 11) is -0.733. The molecule has 9 nitrogen and oxygen atoms in total. The van der Waals surface area contributed by atoms with Crippen molar-refractivity contribution in [2.24, 2.45) is 0 Å². The van der Waals surface area contributed by atoms with Crippen LogP contribution in [0.4, 0.5) is 0 Å². The number of unbranched alkanes of at least 4 members (excludes halogenated alkanes) is 1. The quantitative estimate of drug-likeness (QED) is 0.306. The molecule has 1 amide bonds. The SMILES string of the molecule is COc1cc2c(cc1OC)CN(CCCCNC(=O)c1cc(C)ccc1OCCCS(=O)(=O)O)CC2. The highest BCUT2D eigenvalue weighted by atomic mass is 32.2. The molecule has 0 unspecified atom stereocenters. The molecule has 2 aromatic rings. The number of carbonyl (C=O) groups excluding carboxylic acids is 1. The predicted molar refractivity (Wildman–Crippen MR) is 138 cm³/mol. The Morgan fingerprint density at radius 3 is 2.44 bits per heavy atom. The van der Waals surface area contributed by atoms with E-state index < -0.39 is 10.1 Å². The first-order chi connectivity index (χ1) is 17.2. The molecular weight excluding hydrogens is 484 g/mol. The van der Waals surface area contributed by atoms with E-state index in [4.69, 9.17) is 18.8 Å². The summed E-state index contributed by atoms with van der Waals surface area (Å²) in [6, 6.07) is 9.42. The summed E-state index contributed by atoms with van der Waals surface area (Å²) < 4.78 is 47.0. The number of methoxy groups -OCH3 is 2. The van der Waals surface area contributed by atoms with Crippen molar-refractivity contribution >= 4 is 16.0 Å². The van der Waals surface area contributed by atoms with Crippen LogP contribution in [0.2, 0.25) is 0 Å². The van der Waals surface area contributed by atoms with Gasteiger partial charge in [-0.2, -0.15) is 8.42 Å². The number of carbonyl (C=O) groups is 1. The average Bonchev–Trinajstić information content (AvgIpc) is 2.85. The van der Waals surface area contributed by atoms with Crippen LogP contribution in [0.25, 0.3) is 0 Å². The number of ether oxygens (including phenoxy) is 3. The third kappa shape index (κ3) is 8.11. The molecule has 0 spiro atoms. The molecule has 2 aromatic carbocycles. The molecule has 3 rings (SSSR count). The first-order valence-corrected chi connectivity index (χ1v) is 13.7. The van der Waals surface area contributed by atoms with Crippen molar-refractivity contribution in [1.29, 1.82) is 0 Å². The van der Waals surface area contributed by atoms with E-state index in [1.165, 1.54) is 11.1 Å². The summed E-state index contributed by atoms with van der Waals surface area (Å²) in [5, 5.41) is 2.96. The lowest BCUT2D eigenvalue weighted by Crippen LogP contribution is -2.32. The zero-order valence-electron chi connectivity index (χ0n) is 21.2. The van der Waals surface area contributed by atoms with Gasteiger partial charge in [0.15, 0.2) is 11.5 Å². The number of hydrogen-bond acceptors (Lipinski definition) is 7. The highest BCUT2D eigenvalue weighted by Crippen LogP contribution is 2.33. The van der Waals surface area contributed by atoms with Gasteiger partial charge in [0, 0.05) is 19.6 Å². The molecule has 0 saturated carbocycles. The van der Waals surface area contributed by atoms with Gasteiger partial charge in [-0.15, -0.1) is 0 Å². The van der Waals surface area contributed by atoms with E-state index in [0.29, 0.717) is 17.9 Å². The van der Waals surface area contributed by atoms with Crippen LogP contribution in [0.3, 0.4) is 0 Å². The molecular formula is C26H36N2O7S. The van der Waals surface area contributed by atoms with Crippen molar-refractivity contribution in [3.8, 4) is 17.2 Å². The molecule has 0 aliphatic carbocycles. The van der Waals surface area contributed by atoms with E-state index in [1.54, 1.807) is 26.4 Å². The Bertz CT molecular complexity index is 1150. The zero-order valence-corrected chi connectivity index (χ0v) is 22.0. The Morgan fingerprint density at radius 1 is 1.03 bits per heavy atom. The first kappa shape index (κ1) is 27.8. The van der Waals surface area contributed by atoms with E-state index >= 15 is 0 Å². The Kier molecular flexibility index (Phi) is 9.98. The Labute approximate surface area is 213 Å². The van der Waals surface area contributed by atoms with Gasteiger partial charge in [0.25, 0.3) is 16.0 Å². The maximum absolute atomic E-state index is 12.8. The molecule has 1 aliphatic rings. The monoisotopic (exact) mass is 520 g/mol. The summed E-state index contributed by atoms with van der Waals surface area (Å²) in [5.74, 6) is 1.30. The highest BCUT2D eigenvalue weighted by molar-refractivity contribution is 7.85. The summed E-state index contributed by atoms with van der Waals surface area (Å²) in [6.45, 7) is 5.31. The molecule has 36 heavy (non-hydrogen) atoms. The van der Waals surface area contributed by atoms with Gasteiger partial charge in [-0.25, -0.2) is 0 Å². The molecule has 0 fully saturated rings. The summed E-state index contributed by atoms with van der Waals surface area (Å²) in [5.41, 5.74) is 3.89. The highest BCUT2D eigenvalue weighted by Gasteiger charge is 2.19. The van der Waals surface area contributed by atoms with E-state index in [-0.39, 0.29) is 24.7 Å². The number of rotatable bonds is 13. The van der Waals surface area contributed by atoms with E-state index in [0.717, 1.165) is 56.0 Å². The van der Waals surface area contributed by atoms with Crippen LogP contribution in [0.15, 0.2) is 30.3 Å². The van der Waals surface area contributed by atoms with Crippen molar-refractivity contribution in [2.45, 2.75) is 39.2 Å². The van der Waals surface area contributed by atoms with E-state index in [2.05, 4.69) is 22.3 Å². The standard InChI is InChI=1S/C26H36N2O7S/c1-19-7-8-23(35-13-6-14-36(30,31)32)22(15-19)26(29)27-10-4-5-11-28-12-9-20-16-24(33-2)25(34-3)17-21(20)18-28/h7-8,15-17H,4-6,9-14,18H2,1-3H3,(H,27,29)(H,30,31,32). The maximum Gasteiger partial charge on any atom is 0.264 e. The smallest absolute Gasteiger partial charge is 0.264 e. The molecule has 198 valence electrons. The fourth-order valence-corrected chi connectivity index (χ4v) is 4.74. The largest absolute Gasteiger partial charge is 0.493 e. The van der Waals surface area contributed by atoms with Gasteiger partial charge >= 0.3 is 0 Å². The fourth-order valence-electron chi connectivity index (χ4n) is 4.26. The lowest BCUT2D eigenvalue weighted by Gasteiger charge is -2.29. The van der Waals surface area contributed by atoms with Crippen molar-refractivity contribution < 1.29 is 32.0 Å². The molecule has 0 saturated heterocycles. The predicted octanol–water partition coefficient (Wildman–Crippen LogP) is 3.24. The van der Waals surface area contributed by atoms with Gasteiger partial charge in [-0.3, -0.25) is 14.2 Å². The minimum atomic E-state index is -4.03. The molecule has 0 radical (unpaired) electrons. The second kappa shape index (κ2) is 12.9. The normalized spacial score (nSPS) is 13.7. The number of nitrogens with one attached hydrogen (secondary N) is 1. The number of hydrogen-bond donors (Lipinski definition) is 2. The molecule has 2 N–H and O–H groups in total. The van der Waals surface area contributed by atoms with Crippen LogP contribution in [-0.2, 0) is 23.1 Å². The maximum atomic E-state index is 12.8. The molecule has 1 heterocycles. The van der Waals surface area contributed by atoms with Crippen LogP contribution in [0.1, 0.15) is 46.3 Å². The third-order valence-electron chi connectivity index (χ3n) is 6.17. The van der Waals surface area contributed by atoms with Crippen LogP contribution in [-0.4, -0.2) is 70.0 Å². The number of aryl methyl sites for hydroxylation is 1. The van der Waals surface area contributed by atoms with Crippen LogP contribution < -0.4 is 19.5 Å². The van der Waals surface area contributed by atoms with Crippen LogP contribution in [0.5, 0.6) is 17.2 Å². The molecule has 0 atom stereocenters. The second-order valence-electron chi connectivity index (χ2n) is 8.95. The zero-order chi connectivity index (χ0) is 26.1. The molecule has 10 heteroatoms. The van der Waals surface area contributed by atoms with Crippen molar-refractivity contribution in [3.05, 3.63) is 52.6 Å². The number of amides is 1. The second-order valence-corrected chi connectivity index (χ2v) is 10.5. The van der Waals surface area contributed by atoms with Crippen molar-refractivity contribution in [1.82, 2.24) is 10.2 Å². The average molecular weight is 521 g/mol. The summed E-state index contributed by atoms with van der Waals surface area (Å²) in [4.78, 5) is 15.2. The van der Waals surface area contributed by atoms with Gasteiger partial charge in [0.2, 0.25) is 0 Å². The molecule has 0 aromatic heterocycles. The first-order valence-electron chi connectivity index (χ1n) is 12.1. The van der Waals surface area contributed by atoms with Crippen LogP contribution >= 0.6 is 0 Å². The van der Waals surface area contributed by atoms with Gasteiger partial charge in [0.05, 0.1) is 32.1 Å². The Balaban J connectivity index is 1.44. The van der Waals surface area contributed by atoms with E-state index in [9.17, 15) is 13.2 Å². The van der Waals surface area contributed by atoms with Crippen molar-refractivity contribution in [2.75, 3.05) is 46.2 Å². The number of fused-ring (bicyclic) bond motifs is 1. The van der Waals surface area contributed by atoms with Crippen molar-refractivity contribution in [3.63, 3.8) is 0 Å². The number of benzene rings is 2. The van der Waals surface area contributed by atoms with Gasteiger partial charge in [0.1, 0.15) is 5.75 Å². The minimum Gasteiger partial charge on any atom is -0.493 e. The van der Waals surface area contributed by atoms with Gasteiger partial charge in [-0.05, 0) is 74.5 Å². The lowest BCUT2D eigenvalue weighted by molar-refractivity contribution is 0.0948. The lowest BCUT2D eigenvalue weighted by atomic mass is 9.98. The van der Waals surface area contributed by atoms with E-state index in [1.807, 2.05) is 13.0 Å². The van der Waals surface area contributed by atoms with Gasteiger partial charge in [-0.1, -0.05) is 11.6 Å². The number of nitrogens with zero attached hydrogens (tertiary/aromatic N) is 1. The fraction of sp³-hybridized carbons (Fsp3) is 0.500. The third-order valence-corrected chi connectivity index (χ3v) is 6.97. The summed E-state index contributed by atoms with van der Waals surface area (Å²) >= 11 is 0. The summed E-state index contributed by atoms with van der Waals surface area (Å²) in [6.07, 6.45) is 2.90. The van der Waals surface area contributed by atoms with Crippen LogP contribution in [0, 0.1) is 6.92 Å². The minimum absolute atomic E-state index is 0.0841. The Morgan fingerprint density at radius 2 is 1.75 bits per heavy atom. The Hall–Kier alpha value is -2.82. The molecule has 1 aliphatic heterocycles. The van der Waals surface area contributed by atoms with Gasteiger partial charge < -0.3 is 19.5 Å². The molecule has 0 bridgehead atoms. The topological polar surface area (TPSA) is 114 Å².